The Morgan fingerprint density at radius 2 is 1.83 bits per heavy atom. The van der Waals surface area contributed by atoms with E-state index in [-0.39, 0.29) is 5.91 Å². The number of benzene rings is 1. The van der Waals surface area contributed by atoms with E-state index in [0.717, 1.165) is 12.2 Å². The van der Waals surface area contributed by atoms with E-state index in [1.807, 2.05) is 19.1 Å². The monoisotopic (exact) mass is 308 g/mol. The molecule has 0 aliphatic heterocycles. The van der Waals surface area contributed by atoms with Gasteiger partial charge in [-0.15, -0.1) is 0 Å². The van der Waals surface area contributed by atoms with E-state index >= 15 is 0 Å². The Morgan fingerprint density at radius 1 is 1.09 bits per heavy atom. The smallest absolute Gasteiger partial charge is 0.252 e. The molecule has 0 saturated heterocycles. The van der Waals surface area contributed by atoms with Crippen molar-refractivity contribution in [1.82, 2.24) is 10.3 Å². The van der Waals surface area contributed by atoms with E-state index in [1.165, 1.54) is 31.2 Å². The molecule has 1 aliphatic rings. The zero-order valence-corrected chi connectivity index (χ0v) is 13.7. The zero-order chi connectivity index (χ0) is 16.1. The molecule has 3 heteroatoms. The van der Waals surface area contributed by atoms with Gasteiger partial charge in [0.1, 0.15) is 0 Å². The fraction of sp³-hybridized carbons (Fsp3) is 0.400. The summed E-state index contributed by atoms with van der Waals surface area (Å²) in [7, 11) is 0. The van der Waals surface area contributed by atoms with Gasteiger partial charge in [-0.2, -0.15) is 0 Å². The van der Waals surface area contributed by atoms with Gasteiger partial charge in [0.05, 0.1) is 5.56 Å². The van der Waals surface area contributed by atoms with Crippen LogP contribution in [0.3, 0.4) is 0 Å². The molecule has 0 unspecified atom stereocenters. The Kier molecular flexibility index (Phi) is 5.06. The summed E-state index contributed by atoms with van der Waals surface area (Å²) < 4.78 is 0. The van der Waals surface area contributed by atoms with Crippen LogP contribution in [0.5, 0.6) is 0 Å². The van der Waals surface area contributed by atoms with Gasteiger partial charge in [0, 0.05) is 18.4 Å². The standard InChI is InChI=1S/C20H24N2O/c1-15-7-10-19(14-21-15)20(23)22-13-16-8-11-18(12-9-16)17-5-3-2-4-6-17/h2-7,10,14,16,18H,8-9,11-13H2,1H3,(H,22,23). The highest BCUT2D eigenvalue weighted by Gasteiger charge is 2.22. The Labute approximate surface area is 138 Å². The summed E-state index contributed by atoms with van der Waals surface area (Å²) in [5.74, 6) is 1.27. The molecule has 1 N–H and O–H groups in total. The van der Waals surface area contributed by atoms with Crippen LogP contribution in [0, 0.1) is 12.8 Å². The van der Waals surface area contributed by atoms with Crippen molar-refractivity contribution in [2.24, 2.45) is 5.92 Å². The second kappa shape index (κ2) is 7.40. The summed E-state index contributed by atoms with van der Waals surface area (Å²) in [6, 6.07) is 14.5. The van der Waals surface area contributed by atoms with Gasteiger partial charge in [-0.1, -0.05) is 30.3 Å². The normalized spacial score (nSPS) is 20.9. The highest BCUT2D eigenvalue weighted by Crippen LogP contribution is 2.35. The molecule has 1 amide bonds. The maximum absolute atomic E-state index is 12.1. The van der Waals surface area contributed by atoms with Gasteiger partial charge in [-0.25, -0.2) is 0 Å². The lowest BCUT2D eigenvalue weighted by Crippen LogP contribution is -2.31. The second-order valence-corrected chi connectivity index (χ2v) is 6.53. The van der Waals surface area contributed by atoms with E-state index in [1.54, 1.807) is 6.20 Å². The summed E-state index contributed by atoms with van der Waals surface area (Å²) in [6.07, 6.45) is 6.46. The van der Waals surface area contributed by atoms with E-state index in [9.17, 15) is 4.79 Å². The maximum Gasteiger partial charge on any atom is 0.252 e. The fourth-order valence-electron chi connectivity index (χ4n) is 3.37. The number of nitrogens with one attached hydrogen (secondary N) is 1. The first-order valence-corrected chi connectivity index (χ1v) is 8.48. The van der Waals surface area contributed by atoms with Gasteiger partial charge in [-0.05, 0) is 62.1 Å². The van der Waals surface area contributed by atoms with Crippen molar-refractivity contribution in [3.05, 3.63) is 65.5 Å². The Balaban J connectivity index is 1.46. The van der Waals surface area contributed by atoms with Crippen LogP contribution >= 0.6 is 0 Å². The minimum atomic E-state index is -0.0114. The van der Waals surface area contributed by atoms with Crippen molar-refractivity contribution in [3.63, 3.8) is 0 Å². The molecule has 1 aromatic carbocycles. The average molecular weight is 308 g/mol. The second-order valence-electron chi connectivity index (χ2n) is 6.53. The number of pyridine rings is 1. The quantitative estimate of drug-likeness (QED) is 0.924. The third-order valence-corrected chi connectivity index (χ3v) is 4.84. The largest absolute Gasteiger partial charge is 0.352 e. The Bertz CT molecular complexity index is 628. The highest BCUT2D eigenvalue weighted by molar-refractivity contribution is 5.93. The number of aromatic nitrogens is 1. The van der Waals surface area contributed by atoms with Crippen LogP contribution in [0.1, 0.15) is 53.2 Å². The molecule has 3 nitrogen and oxygen atoms in total. The average Bonchev–Trinajstić information content (AvgIpc) is 2.61. The molecule has 23 heavy (non-hydrogen) atoms. The topological polar surface area (TPSA) is 42.0 Å². The van der Waals surface area contributed by atoms with Crippen LogP contribution in [-0.4, -0.2) is 17.4 Å². The Hall–Kier alpha value is -2.16. The minimum Gasteiger partial charge on any atom is -0.352 e. The maximum atomic E-state index is 12.1. The van der Waals surface area contributed by atoms with Crippen molar-refractivity contribution in [3.8, 4) is 0 Å². The summed E-state index contributed by atoms with van der Waals surface area (Å²) in [5, 5.41) is 3.06. The van der Waals surface area contributed by atoms with E-state index < -0.39 is 0 Å². The molecule has 0 bridgehead atoms. The summed E-state index contributed by atoms with van der Waals surface area (Å²) in [6.45, 7) is 2.70. The molecular formula is C20H24N2O. The lowest BCUT2D eigenvalue weighted by Gasteiger charge is -2.29. The van der Waals surface area contributed by atoms with Crippen molar-refractivity contribution in [2.75, 3.05) is 6.54 Å². The summed E-state index contributed by atoms with van der Waals surface area (Å²) >= 11 is 0. The van der Waals surface area contributed by atoms with Gasteiger partial charge in [0.15, 0.2) is 0 Å². The Morgan fingerprint density at radius 3 is 2.48 bits per heavy atom. The number of hydrogen-bond acceptors (Lipinski definition) is 2. The molecule has 2 aromatic rings. The van der Waals surface area contributed by atoms with Crippen LogP contribution in [0.2, 0.25) is 0 Å². The lowest BCUT2D eigenvalue weighted by molar-refractivity contribution is 0.0942. The summed E-state index contributed by atoms with van der Waals surface area (Å²) in [4.78, 5) is 16.3. The van der Waals surface area contributed by atoms with E-state index in [2.05, 4.69) is 40.6 Å². The molecule has 0 atom stereocenters. The van der Waals surface area contributed by atoms with Crippen LogP contribution in [0.25, 0.3) is 0 Å². The number of carbonyl (C=O) groups excluding carboxylic acids is 1. The molecule has 1 saturated carbocycles. The third-order valence-electron chi connectivity index (χ3n) is 4.84. The SMILES string of the molecule is Cc1ccc(C(=O)NCC2CCC(c3ccccc3)CC2)cn1. The number of nitrogens with zero attached hydrogens (tertiary/aromatic N) is 1. The predicted molar refractivity (Wildman–Crippen MR) is 92.4 cm³/mol. The number of rotatable bonds is 4. The number of carbonyl (C=O) groups is 1. The van der Waals surface area contributed by atoms with Crippen molar-refractivity contribution < 1.29 is 4.79 Å². The molecule has 1 fully saturated rings. The predicted octanol–water partition coefficient (Wildman–Crippen LogP) is 4.09. The third kappa shape index (κ3) is 4.19. The lowest BCUT2D eigenvalue weighted by atomic mass is 9.79. The molecule has 3 rings (SSSR count). The van der Waals surface area contributed by atoms with Crippen LogP contribution in [0.15, 0.2) is 48.7 Å². The molecule has 1 aromatic heterocycles. The van der Waals surface area contributed by atoms with Crippen LogP contribution in [0.4, 0.5) is 0 Å². The van der Waals surface area contributed by atoms with Gasteiger partial charge in [0.2, 0.25) is 0 Å². The van der Waals surface area contributed by atoms with Gasteiger partial charge in [-0.3, -0.25) is 9.78 Å². The van der Waals surface area contributed by atoms with E-state index in [0.29, 0.717) is 17.4 Å². The molecule has 0 spiro atoms. The molecule has 1 aliphatic carbocycles. The number of aryl methyl sites for hydroxylation is 1. The first-order valence-electron chi connectivity index (χ1n) is 8.48. The van der Waals surface area contributed by atoms with Gasteiger partial charge >= 0.3 is 0 Å². The van der Waals surface area contributed by atoms with Crippen LogP contribution in [-0.2, 0) is 0 Å². The first-order chi connectivity index (χ1) is 11.2. The number of hydrogen-bond donors (Lipinski definition) is 1. The molecular weight excluding hydrogens is 284 g/mol. The fourth-order valence-corrected chi connectivity index (χ4v) is 3.37. The number of amides is 1. The molecule has 1 heterocycles. The zero-order valence-electron chi connectivity index (χ0n) is 13.7. The van der Waals surface area contributed by atoms with Gasteiger partial charge < -0.3 is 5.32 Å². The van der Waals surface area contributed by atoms with Crippen molar-refractivity contribution in [2.45, 2.75) is 38.5 Å². The van der Waals surface area contributed by atoms with Gasteiger partial charge in [0.25, 0.3) is 5.91 Å². The van der Waals surface area contributed by atoms with Crippen molar-refractivity contribution in [1.29, 1.82) is 0 Å². The summed E-state index contributed by atoms with van der Waals surface area (Å²) in [5.41, 5.74) is 3.04. The van der Waals surface area contributed by atoms with Crippen molar-refractivity contribution >= 4 is 5.91 Å². The first kappa shape index (κ1) is 15.7. The minimum absolute atomic E-state index is 0.0114. The van der Waals surface area contributed by atoms with E-state index in [4.69, 9.17) is 0 Å². The molecule has 0 radical (unpaired) electrons. The van der Waals surface area contributed by atoms with Crippen LogP contribution < -0.4 is 5.32 Å². The molecule has 120 valence electrons. The highest BCUT2D eigenvalue weighted by atomic mass is 16.1.